The highest BCUT2D eigenvalue weighted by Gasteiger charge is 2.29. The Labute approximate surface area is 186 Å². The summed E-state index contributed by atoms with van der Waals surface area (Å²) < 4.78 is 35.2. The van der Waals surface area contributed by atoms with E-state index in [1.165, 1.54) is 4.31 Å². The van der Waals surface area contributed by atoms with Crippen LogP contribution in [0.5, 0.6) is 0 Å². The molecule has 1 aromatic carbocycles. The van der Waals surface area contributed by atoms with Crippen molar-refractivity contribution in [2.45, 2.75) is 56.0 Å². The summed E-state index contributed by atoms with van der Waals surface area (Å²) >= 11 is 1.02. The molecule has 1 saturated heterocycles. The van der Waals surface area contributed by atoms with Crippen LogP contribution in [-0.4, -0.2) is 67.5 Å². The molecular formula is C21H29N3O5S2. The Bertz CT molecular complexity index is 1100. The summed E-state index contributed by atoms with van der Waals surface area (Å²) in [4.78, 5) is 26.8. The van der Waals surface area contributed by atoms with Crippen LogP contribution in [0.1, 0.15) is 38.5 Å². The van der Waals surface area contributed by atoms with Crippen molar-refractivity contribution in [2.75, 3.05) is 33.4 Å². The first kappa shape index (κ1) is 22.4. The average Bonchev–Trinajstić information content (AvgIpc) is 3.12. The largest absolute Gasteiger partial charge is 0.378 e. The number of rotatable bonds is 6. The highest BCUT2D eigenvalue weighted by molar-refractivity contribution is 7.89. The van der Waals surface area contributed by atoms with E-state index in [1.54, 1.807) is 34.7 Å². The lowest BCUT2D eigenvalue weighted by Gasteiger charge is -2.30. The summed E-state index contributed by atoms with van der Waals surface area (Å²) in [5, 5.41) is 0. The van der Waals surface area contributed by atoms with Gasteiger partial charge in [-0.3, -0.25) is 14.2 Å². The van der Waals surface area contributed by atoms with Crippen molar-refractivity contribution in [1.82, 2.24) is 13.8 Å². The van der Waals surface area contributed by atoms with Gasteiger partial charge in [-0.25, -0.2) is 8.42 Å². The predicted molar refractivity (Wildman–Crippen MR) is 120 cm³/mol. The molecular weight excluding hydrogens is 438 g/mol. The number of fused-ring (bicyclic) bond motifs is 1. The number of hydrogen-bond donors (Lipinski definition) is 0. The molecule has 0 N–H and O–H groups in total. The molecule has 0 unspecified atom stereocenters. The highest BCUT2D eigenvalue weighted by atomic mass is 32.2. The highest BCUT2D eigenvalue weighted by Crippen LogP contribution is 2.28. The SMILES string of the molecule is CN(C1CCCCC1)S(=O)(=O)c1ccc2c(c1)sc(=O)n2CCC(=O)N1CCOCC1. The second kappa shape index (κ2) is 9.40. The molecule has 2 aliphatic rings. The number of thiazole rings is 1. The summed E-state index contributed by atoms with van der Waals surface area (Å²) in [7, 11) is -1.96. The van der Waals surface area contributed by atoms with Gasteiger partial charge in [0.1, 0.15) is 0 Å². The first-order chi connectivity index (χ1) is 14.9. The topological polar surface area (TPSA) is 88.9 Å². The van der Waals surface area contributed by atoms with Crippen molar-refractivity contribution in [2.24, 2.45) is 0 Å². The molecule has 0 bridgehead atoms. The van der Waals surface area contributed by atoms with Crippen LogP contribution in [0.3, 0.4) is 0 Å². The van der Waals surface area contributed by atoms with Gasteiger partial charge in [0.05, 0.1) is 28.3 Å². The van der Waals surface area contributed by atoms with Gasteiger partial charge in [0.15, 0.2) is 0 Å². The molecule has 2 heterocycles. The Morgan fingerprint density at radius 2 is 1.90 bits per heavy atom. The number of benzene rings is 1. The minimum atomic E-state index is -3.62. The summed E-state index contributed by atoms with van der Waals surface area (Å²) in [5.74, 6) is 0.00264. The minimum absolute atomic E-state index is 0.00264. The number of amides is 1. The van der Waals surface area contributed by atoms with Gasteiger partial charge < -0.3 is 9.64 Å². The van der Waals surface area contributed by atoms with Crippen LogP contribution in [0.2, 0.25) is 0 Å². The first-order valence-corrected chi connectivity index (χ1v) is 13.1. The maximum absolute atomic E-state index is 13.1. The zero-order valence-corrected chi connectivity index (χ0v) is 19.4. The third kappa shape index (κ3) is 4.72. The molecule has 2 aromatic rings. The summed E-state index contributed by atoms with van der Waals surface area (Å²) in [6, 6.07) is 4.89. The number of nitrogens with zero attached hydrogens (tertiary/aromatic N) is 3. The van der Waals surface area contributed by atoms with Gasteiger partial charge in [-0.05, 0) is 31.0 Å². The van der Waals surface area contributed by atoms with E-state index in [9.17, 15) is 18.0 Å². The lowest BCUT2D eigenvalue weighted by atomic mass is 9.96. The van der Waals surface area contributed by atoms with Crippen molar-refractivity contribution in [3.05, 3.63) is 27.9 Å². The number of carbonyl (C=O) groups is 1. The first-order valence-electron chi connectivity index (χ1n) is 10.8. The molecule has 2 fully saturated rings. The van der Waals surface area contributed by atoms with Gasteiger partial charge in [-0.15, -0.1) is 0 Å². The van der Waals surface area contributed by atoms with Gasteiger partial charge in [0.2, 0.25) is 15.9 Å². The van der Waals surface area contributed by atoms with Crippen LogP contribution >= 0.6 is 11.3 Å². The van der Waals surface area contributed by atoms with E-state index in [0.717, 1.165) is 43.4 Å². The van der Waals surface area contributed by atoms with E-state index < -0.39 is 10.0 Å². The molecule has 1 aliphatic heterocycles. The van der Waals surface area contributed by atoms with Gasteiger partial charge in [-0.2, -0.15) is 4.31 Å². The molecule has 170 valence electrons. The average molecular weight is 468 g/mol. The molecule has 8 nitrogen and oxygen atoms in total. The third-order valence-corrected chi connectivity index (χ3v) is 9.17. The fourth-order valence-electron chi connectivity index (χ4n) is 4.40. The van der Waals surface area contributed by atoms with E-state index in [2.05, 4.69) is 0 Å². The summed E-state index contributed by atoms with van der Waals surface area (Å²) in [5.41, 5.74) is 0.670. The van der Waals surface area contributed by atoms with E-state index in [0.29, 0.717) is 36.5 Å². The Morgan fingerprint density at radius 1 is 1.19 bits per heavy atom. The molecule has 1 amide bonds. The summed E-state index contributed by atoms with van der Waals surface area (Å²) in [6.45, 7) is 2.52. The van der Waals surface area contributed by atoms with E-state index in [1.807, 2.05) is 0 Å². The van der Waals surface area contributed by atoms with E-state index >= 15 is 0 Å². The quantitative estimate of drug-likeness (QED) is 0.650. The van der Waals surface area contributed by atoms with Gasteiger partial charge in [0, 0.05) is 39.1 Å². The lowest BCUT2D eigenvalue weighted by Crippen LogP contribution is -2.41. The standard InChI is InChI=1S/C21H29N3O5S2/c1-22(16-5-3-2-4-6-16)31(27,28)17-7-8-18-19(15-17)30-21(26)24(18)10-9-20(25)23-11-13-29-14-12-23/h7-8,15-16H,2-6,9-14H2,1H3. The minimum Gasteiger partial charge on any atom is -0.378 e. The van der Waals surface area contributed by atoms with Crippen molar-refractivity contribution in [3.8, 4) is 0 Å². The number of morpholine rings is 1. The number of ether oxygens (including phenoxy) is 1. The van der Waals surface area contributed by atoms with Crippen molar-refractivity contribution in [3.63, 3.8) is 0 Å². The van der Waals surface area contributed by atoms with Crippen LogP contribution in [0.25, 0.3) is 10.2 Å². The van der Waals surface area contributed by atoms with Gasteiger partial charge >= 0.3 is 4.87 Å². The Morgan fingerprint density at radius 3 is 2.61 bits per heavy atom. The zero-order chi connectivity index (χ0) is 22.0. The maximum Gasteiger partial charge on any atom is 0.308 e. The zero-order valence-electron chi connectivity index (χ0n) is 17.8. The molecule has 1 aromatic heterocycles. The fraction of sp³-hybridized carbons (Fsp3) is 0.619. The monoisotopic (exact) mass is 467 g/mol. The Balaban J connectivity index is 1.52. The number of aromatic nitrogens is 1. The number of hydrogen-bond acceptors (Lipinski definition) is 6. The molecule has 31 heavy (non-hydrogen) atoms. The summed E-state index contributed by atoms with van der Waals surface area (Å²) in [6.07, 6.45) is 5.27. The lowest BCUT2D eigenvalue weighted by molar-refractivity contribution is -0.135. The second-order valence-corrected chi connectivity index (χ2v) is 11.2. The molecule has 0 atom stereocenters. The second-order valence-electron chi connectivity index (χ2n) is 8.21. The normalized spacial score (nSPS) is 18.7. The smallest absolute Gasteiger partial charge is 0.308 e. The van der Waals surface area contributed by atoms with Crippen LogP contribution in [0.4, 0.5) is 0 Å². The van der Waals surface area contributed by atoms with Gasteiger partial charge in [0.25, 0.3) is 0 Å². The van der Waals surface area contributed by atoms with E-state index in [4.69, 9.17) is 4.74 Å². The number of carbonyl (C=O) groups excluding carboxylic acids is 1. The Kier molecular flexibility index (Phi) is 6.80. The van der Waals surface area contributed by atoms with Crippen LogP contribution in [0, 0.1) is 0 Å². The molecule has 1 aliphatic carbocycles. The molecule has 4 rings (SSSR count). The van der Waals surface area contributed by atoms with Crippen molar-refractivity contribution in [1.29, 1.82) is 0 Å². The number of sulfonamides is 1. The van der Waals surface area contributed by atoms with Crippen LogP contribution in [-0.2, 0) is 26.1 Å². The number of aryl methyl sites for hydroxylation is 1. The fourth-order valence-corrected chi connectivity index (χ4v) is 6.88. The van der Waals surface area contributed by atoms with Gasteiger partial charge in [-0.1, -0.05) is 30.6 Å². The van der Waals surface area contributed by atoms with Crippen molar-refractivity contribution < 1.29 is 17.9 Å². The van der Waals surface area contributed by atoms with E-state index in [-0.39, 0.29) is 34.7 Å². The third-order valence-electron chi connectivity index (χ3n) is 6.32. The molecule has 0 spiro atoms. The predicted octanol–water partition coefficient (Wildman–Crippen LogP) is 2.27. The maximum atomic E-state index is 13.1. The molecule has 0 radical (unpaired) electrons. The molecule has 1 saturated carbocycles. The Hall–Kier alpha value is -1.75. The molecule has 10 heteroatoms. The van der Waals surface area contributed by atoms with Crippen LogP contribution < -0.4 is 4.87 Å². The van der Waals surface area contributed by atoms with Crippen LogP contribution in [0.15, 0.2) is 27.9 Å². The van der Waals surface area contributed by atoms with Crippen molar-refractivity contribution >= 4 is 37.5 Å².